The minimum absolute atomic E-state index is 0.893. The second-order valence-corrected chi connectivity index (χ2v) is 4.50. The van der Waals surface area contributed by atoms with Gasteiger partial charge in [-0.25, -0.2) is 0 Å². The molecule has 2 rings (SSSR count). The maximum atomic E-state index is 6.39. The molecule has 1 N–H and O–H groups in total. The van der Waals surface area contributed by atoms with Gasteiger partial charge in [-0.1, -0.05) is 23.7 Å². The van der Waals surface area contributed by atoms with Gasteiger partial charge in [-0.2, -0.15) is 0 Å². The highest BCUT2D eigenvalue weighted by Crippen LogP contribution is 2.32. The number of nitrogens with zero attached hydrogens (tertiary/aromatic N) is 1. The summed E-state index contributed by atoms with van der Waals surface area (Å²) in [7, 11) is 4.03. The van der Waals surface area contributed by atoms with Crippen LogP contribution in [0.5, 0.6) is 0 Å². The van der Waals surface area contributed by atoms with Crippen LogP contribution in [0.1, 0.15) is 11.3 Å². The maximum absolute atomic E-state index is 6.39. The normalized spacial score (nSPS) is 11.2. The number of aromatic nitrogens is 1. The molecule has 2 aromatic rings. The zero-order valence-corrected chi connectivity index (χ0v) is 10.7. The van der Waals surface area contributed by atoms with Gasteiger partial charge in [-0.3, -0.25) is 0 Å². The lowest BCUT2D eigenvalue weighted by Crippen LogP contribution is -2.10. The van der Waals surface area contributed by atoms with E-state index in [2.05, 4.69) is 42.1 Å². The molecule has 0 aliphatic carbocycles. The Morgan fingerprint density at radius 2 is 2.12 bits per heavy atom. The predicted octanol–water partition coefficient (Wildman–Crippen LogP) is 2.90. The van der Waals surface area contributed by atoms with Crippen LogP contribution in [0, 0.1) is 6.92 Å². The fourth-order valence-corrected chi connectivity index (χ4v) is 2.44. The second-order valence-electron chi connectivity index (χ2n) is 4.12. The summed E-state index contributed by atoms with van der Waals surface area (Å²) in [6.07, 6.45) is 1.01. The van der Waals surface area contributed by atoms with Crippen molar-refractivity contribution in [2.45, 2.75) is 13.3 Å². The number of nitrogens with one attached hydrogen (secondary N) is 1. The third-order valence-electron chi connectivity index (χ3n) is 3.17. The molecule has 0 saturated carbocycles. The monoisotopic (exact) mass is 236 g/mol. The first-order valence-electron chi connectivity index (χ1n) is 5.53. The first-order chi connectivity index (χ1) is 7.66. The van der Waals surface area contributed by atoms with Crippen LogP contribution in [-0.4, -0.2) is 18.2 Å². The largest absolute Gasteiger partial charge is 0.346 e. The minimum atomic E-state index is 0.893. The van der Waals surface area contributed by atoms with Gasteiger partial charge in [0, 0.05) is 23.6 Å². The lowest BCUT2D eigenvalue weighted by molar-refractivity contribution is 0.795. The molecule has 0 aliphatic rings. The number of hydrogen-bond donors (Lipinski definition) is 1. The van der Waals surface area contributed by atoms with E-state index in [1.807, 2.05) is 7.05 Å². The van der Waals surface area contributed by atoms with Gasteiger partial charge >= 0.3 is 0 Å². The van der Waals surface area contributed by atoms with Gasteiger partial charge in [-0.15, -0.1) is 0 Å². The summed E-state index contributed by atoms with van der Waals surface area (Å²) in [6.45, 7) is 3.04. The van der Waals surface area contributed by atoms with E-state index in [-0.39, 0.29) is 0 Å². The number of benzene rings is 1. The topological polar surface area (TPSA) is 17.0 Å². The Morgan fingerprint density at radius 1 is 1.38 bits per heavy atom. The molecule has 86 valence electrons. The van der Waals surface area contributed by atoms with E-state index in [1.54, 1.807) is 0 Å². The molecule has 0 atom stereocenters. The van der Waals surface area contributed by atoms with Crippen LogP contribution in [0.2, 0.25) is 5.02 Å². The molecule has 0 bridgehead atoms. The van der Waals surface area contributed by atoms with Crippen molar-refractivity contribution in [2.75, 3.05) is 13.6 Å². The van der Waals surface area contributed by atoms with Crippen LogP contribution >= 0.6 is 11.6 Å². The predicted molar refractivity (Wildman–Crippen MR) is 70.3 cm³/mol. The zero-order chi connectivity index (χ0) is 11.7. The summed E-state index contributed by atoms with van der Waals surface area (Å²) >= 11 is 6.39. The van der Waals surface area contributed by atoms with Crippen molar-refractivity contribution < 1.29 is 0 Å². The highest BCUT2D eigenvalue weighted by molar-refractivity contribution is 6.36. The third kappa shape index (κ3) is 1.72. The Labute approximate surface area is 101 Å². The number of likely N-dealkylation sites (N-methyl/N-ethyl adjacent to an activating group) is 1. The highest BCUT2D eigenvalue weighted by atomic mass is 35.5. The van der Waals surface area contributed by atoms with Crippen molar-refractivity contribution in [1.29, 1.82) is 0 Å². The fraction of sp³-hybridized carbons (Fsp3) is 0.385. The molecule has 1 heterocycles. The van der Waals surface area contributed by atoms with E-state index in [9.17, 15) is 0 Å². The Balaban J connectivity index is 2.62. The molecule has 0 radical (unpaired) electrons. The second kappa shape index (κ2) is 4.48. The van der Waals surface area contributed by atoms with Crippen molar-refractivity contribution in [2.24, 2.45) is 7.05 Å². The van der Waals surface area contributed by atoms with Gasteiger partial charge in [-0.05, 0) is 38.6 Å². The Hall–Kier alpha value is -0.990. The molecule has 0 unspecified atom stereocenters. The summed E-state index contributed by atoms with van der Waals surface area (Å²) in [5.41, 5.74) is 3.67. The van der Waals surface area contributed by atoms with E-state index >= 15 is 0 Å². The standard InChI is InChI=1S/C13H17ClN2/c1-9-13(14)12-10(7-8-15-2)5-4-6-11(12)16(9)3/h4-6,15H,7-8H2,1-3H3. The van der Waals surface area contributed by atoms with Crippen LogP contribution in [0.15, 0.2) is 18.2 Å². The van der Waals surface area contributed by atoms with Crippen LogP contribution in [0.3, 0.4) is 0 Å². The number of rotatable bonds is 3. The van der Waals surface area contributed by atoms with Gasteiger partial charge in [0.2, 0.25) is 0 Å². The molecule has 0 aliphatic heterocycles. The smallest absolute Gasteiger partial charge is 0.0693 e. The molecule has 0 fully saturated rings. The molecule has 3 heteroatoms. The Bertz CT molecular complexity index is 514. The third-order valence-corrected chi connectivity index (χ3v) is 3.64. The number of halogens is 1. The van der Waals surface area contributed by atoms with Crippen LogP contribution in [-0.2, 0) is 13.5 Å². The van der Waals surface area contributed by atoms with Gasteiger partial charge in [0.05, 0.1) is 5.02 Å². The first kappa shape index (κ1) is 11.5. The minimum Gasteiger partial charge on any atom is -0.346 e. The molecule has 0 saturated heterocycles. The fourth-order valence-electron chi connectivity index (χ4n) is 2.10. The van der Waals surface area contributed by atoms with Crippen molar-refractivity contribution in [3.8, 4) is 0 Å². The molecule has 0 spiro atoms. The number of fused-ring (bicyclic) bond motifs is 1. The molecule has 0 amide bonds. The van der Waals surface area contributed by atoms with Crippen LogP contribution < -0.4 is 5.32 Å². The Kier molecular flexibility index (Phi) is 3.22. The van der Waals surface area contributed by atoms with E-state index in [1.165, 1.54) is 16.5 Å². The highest BCUT2D eigenvalue weighted by Gasteiger charge is 2.12. The number of aryl methyl sites for hydroxylation is 1. The van der Waals surface area contributed by atoms with E-state index in [0.29, 0.717) is 0 Å². The zero-order valence-electron chi connectivity index (χ0n) is 9.97. The van der Waals surface area contributed by atoms with E-state index in [0.717, 1.165) is 23.7 Å². The Morgan fingerprint density at radius 3 is 2.81 bits per heavy atom. The lowest BCUT2D eigenvalue weighted by atomic mass is 10.1. The van der Waals surface area contributed by atoms with Gasteiger partial charge in [0.1, 0.15) is 0 Å². The molecular weight excluding hydrogens is 220 g/mol. The van der Waals surface area contributed by atoms with Crippen LogP contribution in [0.4, 0.5) is 0 Å². The van der Waals surface area contributed by atoms with Crippen molar-refractivity contribution in [3.63, 3.8) is 0 Å². The first-order valence-corrected chi connectivity index (χ1v) is 5.91. The van der Waals surface area contributed by atoms with Gasteiger partial charge in [0.25, 0.3) is 0 Å². The average Bonchev–Trinajstić information content (AvgIpc) is 2.53. The summed E-state index contributed by atoms with van der Waals surface area (Å²) < 4.78 is 2.15. The summed E-state index contributed by atoms with van der Waals surface area (Å²) in [6, 6.07) is 6.38. The van der Waals surface area contributed by atoms with Crippen molar-refractivity contribution in [3.05, 3.63) is 34.5 Å². The van der Waals surface area contributed by atoms with Crippen molar-refractivity contribution in [1.82, 2.24) is 9.88 Å². The maximum Gasteiger partial charge on any atom is 0.0693 e. The quantitative estimate of drug-likeness (QED) is 0.867. The SMILES string of the molecule is CNCCc1cccc2c1c(Cl)c(C)n2C. The van der Waals surface area contributed by atoms with Crippen molar-refractivity contribution >= 4 is 22.5 Å². The molecule has 2 nitrogen and oxygen atoms in total. The van der Waals surface area contributed by atoms with Gasteiger partial charge in [0.15, 0.2) is 0 Å². The summed E-state index contributed by atoms with van der Waals surface area (Å²) in [5, 5.41) is 5.27. The lowest BCUT2D eigenvalue weighted by Gasteiger charge is -2.04. The molecular formula is C13H17ClN2. The summed E-state index contributed by atoms with van der Waals surface area (Å²) in [4.78, 5) is 0. The average molecular weight is 237 g/mol. The van der Waals surface area contributed by atoms with E-state index in [4.69, 9.17) is 11.6 Å². The number of hydrogen-bond acceptors (Lipinski definition) is 1. The van der Waals surface area contributed by atoms with Gasteiger partial charge < -0.3 is 9.88 Å². The van der Waals surface area contributed by atoms with E-state index < -0.39 is 0 Å². The van der Waals surface area contributed by atoms with Crippen LogP contribution in [0.25, 0.3) is 10.9 Å². The molecule has 1 aromatic heterocycles. The summed E-state index contributed by atoms with van der Waals surface area (Å²) in [5.74, 6) is 0. The molecule has 16 heavy (non-hydrogen) atoms. The molecule has 1 aromatic carbocycles.